The molecule has 2 amide bonds. The van der Waals surface area contributed by atoms with Crippen LogP contribution in [0.2, 0.25) is 0 Å². The third-order valence-electron chi connectivity index (χ3n) is 3.97. The van der Waals surface area contributed by atoms with Crippen molar-refractivity contribution in [1.82, 2.24) is 15.4 Å². The fourth-order valence-electron chi connectivity index (χ4n) is 2.59. The second-order valence-electron chi connectivity index (χ2n) is 6.02. The van der Waals surface area contributed by atoms with E-state index < -0.39 is 23.6 Å². The fraction of sp³-hybridized carbons (Fsp3) is 0.211. The molecule has 0 bridgehead atoms. The van der Waals surface area contributed by atoms with Gasteiger partial charge in [0.1, 0.15) is 11.8 Å². The van der Waals surface area contributed by atoms with Crippen molar-refractivity contribution in [1.29, 1.82) is 0 Å². The van der Waals surface area contributed by atoms with Gasteiger partial charge in [0.15, 0.2) is 12.2 Å². The van der Waals surface area contributed by atoms with E-state index >= 15 is 0 Å². The minimum Gasteiger partial charge on any atom is -0.484 e. The van der Waals surface area contributed by atoms with Crippen LogP contribution in [0.15, 0.2) is 57.7 Å². The Bertz CT molecular complexity index is 1040. The van der Waals surface area contributed by atoms with Crippen LogP contribution in [0, 0.1) is 6.92 Å². The summed E-state index contributed by atoms with van der Waals surface area (Å²) in [5, 5.41) is 0. The summed E-state index contributed by atoms with van der Waals surface area (Å²) in [7, 11) is 0. The van der Waals surface area contributed by atoms with Gasteiger partial charge in [0, 0.05) is 0 Å². The van der Waals surface area contributed by atoms with Crippen molar-refractivity contribution in [3.8, 4) is 5.75 Å². The lowest BCUT2D eigenvalue weighted by Crippen LogP contribution is -2.47. The summed E-state index contributed by atoms with van der Waals surface area (Å²) >= 11 is 0. The quantitative estimate of drug-likeness (QED) is 0.666. The fourth-order valence-corrected chi connectivity index (χ4v) is 2.59. The van der Waals surface area contributed by atoms with Crippen LogP contribution >= 0.6 is 0 Å². The number of hydrogen-bond acceptors (Lipinski definition) is 5. The summed E-state index contributed by atoms with van der Waals surface area (Å²) in [6.45, 7) is 3.19. The molecule has 2 aromatic carbocycles. The molecule has 0 spiro atoms. The van der Waals surface area contributed by atoms with Crippen molar-refractivity contribution in [3.05, 3.63) is 64.6 Å². The molecule has 0 saturated carbocycles. The van der Waals surface area contributed by atoms with Crippen LogP contribution in [-0.2, 0) is 9.59 Å². The van der Waals surface area contributed by atoms with Gasteiger partial charge in [-0.05, 0) is 43.7 Å². The molecule has 3 aromatic rings. The number of aromatic nitrogens is 1. The minimum atomic E-state index is -0.876. The van der Waals surface area contributed by atoms with Crippen LogP contribution in [0.5, 0.6) is 5.75 Å². The molecule has 1 heterocycles. The highest BCUT2D eigenvalue weighted by Crippen LogP contribution is 2.16. The maximum Gasteiger partial charge on any atom is 0.420 e. The number of carbonyl (C=O) groups is 2. The molecular weight excluding hydrogens is 350 g/mol. The Labute approximate surface area is 154 Å². The summed E-state index contributed by atoms with van der Waals surface area (Å²) in [6.07, 6.45) is 0. The molecule has 0 aliphatic rings. The highest BCUT2D eigenvalue weighted by atomic mass is 16.5. The van der Waals surface area contributed by atoms with Crippen molar-refractivity contribution < 1.29 is 18.7 Å². The minimum absolute atomic E-state index is 0.257. The number of benzene rings is 2. The van der Waals surface area contributed by atoms with E-state index in [2.05, 4.69) is 10.9 Å². The van der Waals surface area contributed by atoms with E-state index in [0.717, 1.165) is 5.56 Å². The SMILES string of the molecule is Cc1cccc(OCC(=O)NNC(=O)C(C)n2c(=O)oc3ccccc32)c1. The van der Waals surface area contributed by atoms with Gasteiger partial charge in [0.25, 0.3) is 11.8 Å². The average molecular weight is 369 g/mol. The number of ether oxygens (including phenoxy) is 1. The van der Waals surface area contributed by atoms with Gasteiger partial charge in [-0.3, -0.25) is 25.0 Å². The van der Waals surface area contributed by atoms with E-state index in [1.165, 1.54) is 11.5 Å². The van der Waals surface area contributed by atoms with Gasteiger partial charge in [-0.2, -0.15) is 0 Å². The molecule has 0 radical (unpaired) electrons. The van der Waals surface area contributed by atoms with E-state index in [0.29, 0.717) is 16.8 Å². The molecule has 1 unspecified atom stereocenters. The Balaban J connectivity index is 1.57. The molecular formula is C19H19N3O5. The predicted octanol–water partition coefficient (Wildman–Crippen LogP) is 1.69. The number of oxazole rings is 1. The van der Waals surface area contributed by atoms with Crippen LogP contribution in [0.3, 0.4) is 0 Å². The Morgan fingerprint density at radius 2 is 1.93 bits per heavy atom. The monoisotopic (exact) mass is 369 g/mol. The molecule has 1 aromatic heterocycles. The summed E-state index contributed by atoms with van der Waals surface area (Å²) in [5.41, 5.74) is 6.45. The standard InChI is InChI=1S/C19H19N3O5/c1-12-6-5-7-14(10-12)26-11-17(23)20-21-18(24)13(2)22-15-8-3-4-9-16(15)27-19(22)25/h3-10,13H,11H2,1-2H3,(H,20,23)(H,21,24). The van der Waals surface area contributed by atoms with E-state index in [-0.39, 0.29) is 6.61 Å². The molecule has 8 heteroatoms. The highest BCUT2D eigenvalue weighted by Gasteiger charge is 2.21. The number of nitrogens with zero attached hydrogens (tertiary/aromatic N) is 1. The zero-order valence-corrected chi connectivity index (χ0v) is 14.9. The maximum absolute atomic E-state index is 12.3. The molecule has 27 heavy (non-hydrogen) atoms. The van der Waals surface area contributed by atoms with Crippen molar-refractivity contribution in [2.45, 2.75) is 19.9 Å². The Hall–Kier alpha value is -3.55. The number of para-hydroxylation sites is 2. The first-order valence-electron chi connectivity index (χ1n) is 8.34. The molecule has 2 N–H and O–H groups in total. The molecule has 1 atom stereocenters. The topological polar surface area (TPSA) is 103 Å². The van der Waals surface area contributed by atoms with Crippen molar-refractivity contribution in [3.63, 3.8) is 0 Å². The summed E-state index contributed by atoms with van der Waals surface area (Å²) in [6, 6.07) is 13.2. The molecule has 0 saturated heterocycles. The van der Waals surface area contributed by atoms with Crippen LogP contribution in [0.1, 0.15) is 18.5 Å². The largest absolute Gasteiger partial charge is 0.484 e. The van der Waals surface area contributed by atoms with Gasteiger partial charge in [-0.25, -0.2) is 4.79 Å². The number of aryl methyl sites for hydroxylation is 1. The van der Waals surface area contributed by atoms with Crippen LogP contribution < -0.4 is 21.3 Å². The molecule has 8 nitrogen and oxygen atoms in total. The molecule has 0 fully saturated rings. The van der Waals surface area contributed by atoms with Crippen LogP contribution in [0.25, 0.3) is 11.1 Å². The number of amides is 2. The van der Waals surface area contributed by atoms with Crippen molar-refractivity contribution >= 4 is 22.9 Å². The Morgan fingerprint density at radius 1 is 1.15 bits per heavy atom. The molecule has 0 aliphatic heterocycles. The highest BCUT2D eigenvalue weighted by molar-refractivity contribution is 5.86. The summed E-state index contributed by atoms with van der Waals surface area (Å²) < 4.78 is 11.7. The van der Waals surface area contributed by atoms with Gasteiger partial charge in [0.05, 0.1) is 5.52 Å². The number of hydrogen-bond donors (Lipinski definition) is 2. The third kappa shape index (κ3) is 4.17. The lowest BCUT2D eigenvalue weighted by atomic mass is 10.2. The number of rotatable bonds is 5. The summed E-state index contributed by atoms with van der Waals surface area (Å²) in [4.78, 5) is 36.2. The summed E-state index contributed by atoms with van der Waals surface area (Å²) in [5.74, 6) is -1.18. The average Bonchev–Trinajstić information content (AvgIpc) is 2.99. The first-order chi connectivity index (χ1) is 13.0. The van der Waals surface area contributed by atoms with Crippen LogP contribution in [-0.4, -0.2) is 23.0 Å². The van der Waals surface area contributed by atoms with Gasteiger partial charge in [0.2, 0.25) is 0 Å². The Morgan fingerprint density at radius 3 is 2.70 bits per heavy atom. The van der Waals surface area contributed by atoms with Gasteiger partial charge < -0.3 is 9.15 Å². The Kier molecular flexibility index (Phi) is 5.25. The van der Waals surface area contributed by atoms with Gasteiger partial charge in [-0.15, -0.1) is 0 Å². The van der Waals surface area contributed by atoms with E-state index in [4.69, 9.17) is 9.15 Å². The lowest BCUT2D eigenvalue weighted by Gasteiger charge is -2.14. The first kappa shape index (κ1) is 18.2. The zero-order chi connectivity index (χ0) is 19.4. The first-order valence-corrected chi connectivity index (χ1v) is 8.34. The van der Waals surface area contributed by atoms with Gasteiger partial charge >= 0.3 is 5.76 Å². The van der Waals surface area contributed by atoms with E-state index in [1.807, 2.05) is 19.1 Å². The lowest BCUT2D eigenvalue weighted by molar-refractivity contribution is -0.131. The number of fused-ring (bicyclic) bond motifs is 1. The third-order valence-corrected chi connectivity index (χ3v) is 3.97. The molecule has 3 rings (SSSR count). The van der Waals surface area contributed by atoms with E-state index in [1.54, 1.807) is 36.4 Å². The smallest absolute Gasteiger partial charge is 0.420 e. The van der Waals surface area contributed by atoms with Crippen molar-refractivity contribution in [2.24, 2.45) is 0 Å². The van der Waals surface area contributed by atoms with Gasteiger partial charge in [-0.1, -0.05) is 24.3 Å². The molecule has 140 valence electrons. The predicted molar refractivity (Wildman–Crippen MR) is 98.1 cm³/mol. The number of carbonyl (C=O) groups excluding carboxylic acids is 2. The van der Waals surface area contributed by atoms with Crippen molar-refractivity contribution in [2.75, 3.05) is 6.61 Å². The second-order valence-corrected chi connectivity index (χ2v) is 6.02. The number of hydrazine groups is 1. The molecule has 0 aliphatic carbocycles. The maximum atomic E-state index is 12.3. The second kappa shape index (κ2) is 7.77. The van der Waals surface area contributed by atoms with E-state index in [9.17, 15) is 14.4 Å². The number of nitrogens with one attached hydrogen (secondary N) is 2. The van der Waals surface area contributed by atoms with Crippen LogP contribution in [0.4, 0.5) is 0 Å². The normalized spacial score (nSPS) is 11.8. The zero-order valence-electron chi connectivity index (χ0n) is 14.9.